The molecule has 1 aliphatic heterocycles. The molecule has 1 atom stereocenters. The fourth-order valence-electron chi connectivity index (χ4n) is 3.17. The normalized spacial score (nSPS) is 17.0. The number of fused-ring (bicyclic) bond motifs is 1. The Hall–Kier alpha value is -1.59. The Bertz CT molecular complexity index is 850. The van der Waals surface area contributed by atoms with E-state index in [4.69, 9.17) is 16.3 Å². The van der Waals surface area contributed by atoms with Crippen LogP contribution >= 0.6 is 27.5 Å². The molecule has 6 heteroatoms. The number of aryl methyl sites for hydroxylation is 1. The first-order valence-corrected chi connectivity index (χ1v) is 9.59. The predicted octanol–water partition coefficient (Wildman–Crippen LogP) is 6.67. The summed E-state index contributed by atoms with van der Waals surface area (Å²) in [5.41, 5.74) is 1.63. The quantitative estimate of drug-likeness (QED) is 0.495. The van der Waals surface area contributed by atoms with Gasteiger partial charge in [-0.15, -0.1) is 0 Å². The summed E-state index contributed by atoms with van der Waals surface area (Å²) in [6.07, 6.45) is 0.813. The highest BCUT2D eigenvalue weighted by Gasteiger charge is 2.36. The summed E-state index contributed by atoms with van der Waals surface area (Å²) in [6, 6.07) is 10.3. The van der Waals surface area contributed by atoms with Gasteiger partial charge in [0.25, 0.3) is 0 Å². The summed E-state index contributed by atoms with van der Waals surface area (Å²) >= 11 is 9.62. The molecule has 0 fully saturated rings. The van der Waals surface area contributed by atoms with Gasteiger partial charge in [-0.1, -0.05) is 29.8 Å². The molecule has 0 saturated heterocycles. The van der Waals surface area contributed by atoms with Crippen molar-refractivity contribution in [1.82, 2.24) is 0 Å². The first-order chi connectivity index (χ1) is 12.2. The van der Waals surface area contributed by atoms with E-state index < -0.39 is 11.7 Å². The Kier molecular flexibility index (Phi) is 5.31. The first-order valence-electron chi connectivity index (χ1n) is 8.42. The van der Waals surface area contributed by atoms with Gasteiger partial charge in [-0.2, -0.15) is 0 Å². The van der Waals surface area contributed by atoms with Gasteiger partial charge in [0.2, 0.25) is 0 Å². The van der Waals surface area contributed by atoms with Crippen LogP contribution in [0, 0.1) is 5.82 Å². The van der Waals surface area contributed by atoms with E-state index in [0.29, 0.717) is 28.0 Å². The minimum atomic E-state index is -0.642. The van der Waals surface area contributed by atoms with E-state index in [1.807, 2.05) is 39.0 Å². The lowest BCUT2D eigenvalue weighted by atomic mass is 9.91. The van der Waals surface area contributed by atoms with Crippen LogP contribution < -0.4 is 4.90 Å². The van der Waals surface area contributed by atoms with Gasteiger partial charge < -0.3 is 4.74 Å². The van der Waals surface area contributed by atoms with Crippen molar-refractivity contribution in [2.45, 2.75) is 45.3 Å². The fraction of sp³-hybridized carbons (Fsp3) is 0.350. The van der Waals surface area contributed by atoms with Crippen molar-refractivity contribution in [3.63, 3.8) is 0 Å². The minimum Gasteiger partial charge on any atom is -0.443 e. The van der Waals surface area contributed by atoms with E-state index in [-0.39, 0.29) is 11.9 Å². The van der Waals surface area contributed by atoms with Gasteiger partial charge in [0.05, 0.1) is 16.2 Å². The zero-order chi connectivity index (χ0) is 19.1. The van der Waals surface area contributed by atoms with Crippen molar-refractivity contribution in [2.75, 3.05) is 4.90 Å². The lowest BCUT2D eigenvalue weighted by Crippen LogP contribution is -2.42. The van der Waals surface area contributed by atoms with Gasteiger partial charge in [0.15, 0.2) is 0 Å². The standard InChI is InChI=1S/C20H20BrClFNO2/c1-20(2,3)26-19(25)24-17(13-6-4-5-7-15(13)22)9-8-12-10-16(23)14(21)11-18(12)24/h4-7,10-11,17H,8-9H2,1-3H3. The Labute approximate surface area is 166 Å². The number of amides is 1. The van der Waals surface area contributed by atoms with Crippen molar-refractivity contribution in [3.8, 4) is 0 Å². The highest BCUT2D eigenvalue weighted by molar-refractivity contribution is 9.10. The molecule has 1 aliphatic rings. The summed E-state index contributed by atoms with van der Waals surface area (Å²) in [6.45, 7) is 5.46. The molecular weight excluding hydrogens is 421 g/mol. The molecule has 0 aliphatic carbocycles. The molecule has 26 heavy (non-hydrogen) atoms. The predicted molar refractivity (Wildman–Crippen MR) is 105 cm³/mol. The number of carbonyl (C=O) groups excluding carboxylic acids is 1. The van der Waals surface area contributed by atoms with Crippen LogP contribution in [-0.2, 0) is 11.2 Å². The van der Waals surface area contributed by atoms with E-state index >= 15 is 0 Å². The summed E-state index contributed by atoms with van der Waals surface area (Å²) in [5, 5.41) is 0.593. The molecule has 1 heterocycles. The summed E-state index contributed by atoms with van der Waals surface area (Å²) < 4.78 is 19.9. The second-order valence-electron chi connectivity index (χ2n) is 7.32. The molecule has 138 valence electrons. The molecule has 0 aromatic heterocycles. The van der Waals surface area contributed by atoms with Crippen LogP contribution in [0.4, 0.5) is 14.9 Å². The number of halogens is 3. The average molecular weight is 441 g/mol. The van der Waals surface area contributed by atoms with Crippen molar-refractivity contribution in [3.05, 3.63) is 62.8 Å². The van der Waals surface area contributed by atoms with Crippen LogP contribution in [0.2, 0.25) is 5.02 Å². The molecule has 3 nitrogen and oxygen atoms in total. The topological polar surface area (TPSA) is 29.5 Å². The number of rotatable bonds is 1. The highest BCUT2D eigenvalue weighted by Crippen LogP contribution is 2.43. The number of anilines is 1. The molecule has 1 unspecified atom stereocenters. The average Bonchev–Trinajstić information content (AvgIpc) is 2.54. The molecule has 2 aromatic rings. The third-order valence-electron chi connectivity index (χ3n) is 4.23. The highest BCUT2D eigenvalue weighted by atomic mass is 79.9. The molecule has 0 saturated carbocycles. The van der Waals surface area contributed by atoms with Gasteiger partial charge in [-0.05, 0) is 78.9 Å². The van der Waals surface area contributed by atoms with E-state index in [1.165, 1.54) is 6.07 Å². The molecule has 0 spiro atoms. The maximum atomic E-state index is 14.0. The van der Waals surface area contributed by atoms with Gasteiger partial charge in [0, 0.05) is 5.02 Å². The third kappa shape index (κ3) is 3.89. The van der Waals surface area contributed by atoms with Crippen molar-refractivity contribution in [1.29, 1.82) is 0 Å². The van der Waals surface area contributed by atoms with E-state index in [9.17, 15) is 9.18 Å². The Morgan fingerprint density at radius 3 is 2.65 bits per heavy atom. The van der Waals surface area contributed by atoms with Crippen molar-refractivity contribution >= 4 is 39.3 Å². The lowest BCUT2D eigenvalue weighted by molar-refractivity contribution is 0.0560. The number of benzene rings is 2. The number of ether oxygens (including phenoxy) is 1. The molecule has 0 radical (unpaired) electrons. The van der Waals surface area contributed by atoms with Crippen LogP contribution in [0.25, 0.3) is 0 Å². The number of hydrogen-bond donors (Lipinski definition) is 0. The molecule has 0 bridgehead atoms. The minimum absolute atomic E-state index is 0.275. The maximum Gasteiger partial charge on any atom is 0.415 e. The summed E-state index contributed by atoms with van der Waals surface area (Å²) in [5.74, 6) is -0.343. The van der Waals surface area contributed by atoms with Crippen LogP contribution in [0.1, 0.15) is 44.4 Å². The monoisotopic (exact) mass is 439 g/mol. The molecule has 2 aromatic carbocycles. The van der Waals surface area contributed by atoms with Crippen LogP contribution in [-0.4, -0.2) is 11.7 Å². The Morgan fingerprint density at radius 1 is 1.31 bits per heavy atom. The molecule has 1 amide bonds. The van der Waals surface area contributed by atoms with Crippen LogP contribution in [0.5, 0.6) is 0 Å². The maximum absolute atomic E-state index is 14.0. The Balaban J connectivity index is 2.11. The lowest BCUT2D eigenvalue weighted by Gasteiger charge is -2.38. The molecule has 0 N–H and O–H groups in total. The number of hydrogen-bond acceptors (Lipinski definition) is 2. The molecule has 3 rings (SSSR count). The molecular formula is C20H20BrClFNO2. The van der Waals surface area contributed by atoms with E-state index in [1.54, 1.807) is 17.0 Å². The van der Waals surface area contributed by atoms with Gasteiger partial charge in [-0.3, -0.25) is 4.90 Å². The summed E-state index contributed by atoms with van der Waals surface area (Å²) in [4.78, 5) is 14.6. The zero-order valence-electron chi connectivity index (χ0n) is 14.9. The third-order valence-corrected chi connectivity index (χ3v) is 5.19. The van der Waals surface area contributed by atoms with E-state index in [2.05, 4.69) is 15.9 Å². The van der Waals surface area contributed by atoms with Crippen molar-refractivity contribution < 1.29 is 13.9 Å². The first kappa shape index (κ1) is 19.2. The van der Waals surface area contributed by atoms with Crippen molar-refractivity contribution in [2.24, 2.45) is 0 Å². The van der Waals surface area contributed by atoms with Gasteiger partial charge in [-0.25, -0.2) is 9.18 Å². The SMILES string of the molecule is CC(C)(C)OC(=O)N1c2cc(Br)c(F)cc2CCC1c1ccccc1Cl. The summed E-state index contributed by atoms with van der Waals surface area (Å²) in [7, 11) is 0. The smallest absolute Gasteiger partial charge is 0.415 e. The fourth-order valence-corrected chi connectivity index (χ4v) is 3.76. The van der Waals surface area contributed by atoms with Crippen LogP contribution in [0.15, 0.2) is 40.9 Å². The van der Waals surface area contributed by atoms with Gasteiger partial charge >= 0.3 is 6.09 Å². The van der Waals surface area contributed by atoms with E-state index in [0.717, 1.165) is 11.1 Å². The second-order valence-corrected chi connectivity index (χ2v) is 8.58. The zero-order valence-corrected chi connectivity index (χ0v) is 17.2. The Morgan fingerprint density at radius 2 is 2.00 bits per heavy atom. The second kappa shape index (κ2) is 7.20. The largest absolute Gasteiger partial charge is 0.443 e. The number of carbonyl (C=O) groups is 1. The number of nitrogens with zero attached hydrogens (tertiary/aromatic N) is 1. The van der Waals surface area contributed by atoms with Crippen LogP contribution in [0.3, 0.4) is 0 Å². The van der Waals surface area contributed by atoms with Gasteiger partial charge in [0.1, 0.15) is 11.4 Å².